The predicted molar refractivity (Wildman–Crippen MR) is 83.1 cm³/mol. The van der Waals surface area contributed by atoms with Gasteiger partial charge in [-0.25, -0.2) is 9.97 Å². The number of hydrogen-bond acceptors (Lipinski definition) is 4. The first kappa shape index (κ1) is 15.4. The maximum absolute atomic E-state index is 4.67. The van der Waals surface area contributed by atoms with E-state index in [1.54, 1.807) is 0 Å². The molecule has 1 N–H and O–H groups in total. The minimum atomic E-state index is 0.807. The van der Waals surface area contributed by atoms with Crippen LogP contribution in [0.3, 0.4) is 0 Å². The summed E-state index contributed by atoms with van der Waals surface area (Å²) >= 11 is 0. The van der Waals surface area contributed by atoms with Crippen LogP contribution in [0.2, 0.25) is 0 Å². The Kier molecular flexibility index (Phi) is 5.49. The molecule has 1 fully saturated rings. The van der Waals surface area contributed by atoms with Gasteiger partial charge < -0.3 is 10.2 Å². The lowest BCUT2D eigenvalue weighted by molar-refractivity contribution is 0.409. The monoisotopic (exact) mass is 276 g/mol. The molecule has 1 aromatic heterocycles. The number of aryl methyl sites for hydroxylation is 2. The summed E-state index contributed by atoms with van der Waals surface area (Å²) in [4.78, 5) is 11.5. The number of hydrogen-bond donors (Lipinski definition) is 1. The summed E-state index contributed by atoms with van der Waals surface area (Å²) < 4.78 is 0. The zero-order valence-corrected chi connectivity index (χ0v) is 13.4. The van der Waals surface area contributed by atoms with Crippen LogP contribution in [-0.2, 0) is 12.8 Å². The van der Waals surface area contributed by atoms with E-state index in [0.717, 1.165) is 49.2 Å². The Morgan fingerprint density at radius 1 is 1.10 bits per heavy atom. The topological polar surface area (TPSA) is 41.1 Å². The average Bonchev–Trinajstić information content (AvgIpc) is 3.18. The summed E-state index contributed by atoms with van der Waals surface area (Å²) in [5.74, 6) is 0.980. The van der Waals surface area contributed by atoms with Gasteiger partial charge in [-0.3, -0.25) is 0 Å². The standard InChI is InChI=1S/C16H28N4/c1-12-15(6-5-10-17-14-7-8-14)13(2)19-16(18-12)9-11-20(3)4/h14,17H,5-11H2,1-4H3. The summed E-state index contributed by atoms with van der Waals surface area (Å²) in [6.07, 6.45) is 5.92. The molecule has 0 aliphatic heterocycles. The van der Waals surface area contributed by atoms with Crippen LogP contribution in [0.15, 0.2) is 0 Å². The van der Waals surface area contributed by atoms with E-state index in [9.17, 15) is 0 Å². The van der Waals surface area contributed by atoms with Crippen LogP contribution in [0, 0.1) is 13.8 Å². The highest BCUT2D eigenvalue weighted by atomic mass is 15.1. The van der Waals surface area contributed by atoms with Gasteiger partial charge in [0, 0.05) is 30.4 Å². The molecule has 0 atom stereocenters. The molecule has 1 aliphatic rings. The van der Waals surface area contributed by atoms with Crippen LogP contribution in [0.25, 0.3) is 0 Å². The van der Waals surface area contributed by atoms with Crippen LogP contribution in [0.5, 0.6) is 0 Å². The van der Waals surface area contributed by atoms with E-state index in [4.69, 9.17) is 0 Å². The molecule has 1 saturated carbocycles. The Morgan fingerprint density at radius 3 is 2.30 bits per heavy atom. The van der Waals surface area contributed by atoms with Crippen molar-refractivity contribution in [1.29, 1.82) is 0 Å². The molecule has 20 heavy (non-hydrogen) atoms. The smallest absolute Gasteiger partial charge is 0.130 e. The Hall–Kier alpha value is -1.00. The van der Waals surface area contributed by atoms with E-state index in [2.05, 4.69) is 48.1 Å². The van der Waals surface area contributed by atoms with Gasteiger partial charge in [-0.05, 0) is 65.7 Å². The fourth-order valence-electron chi connectivity index (χ4n) is 2.46. The highest BCUT2D eigenvalue weighted by Gasteiger charge is 2.19. The molecule has 1 aliphatic carbocycles. The third-order valence-corrected chi connectivity index (χ3v) is 3.86. The fourth-order valence-corrected chi connectivity index (χ4v) is 2.46. The van der Waals surface area contributed by atoms with E-state index in [1.807, 2.05) is 0 Å². The maximum atomic E-state index is 4.67. The van der Waals surface area contributed by atoms with Crippen molar-refractivity contribution in [2.45, 2.75) is 52.0 Å². The number of rotatable bonds is 8. The predicted octanol–water partition coefficient (Wildman–Crippen LogP) is 1.88. The highest BCUT2D eigenvalue weighted by Crippen LogP contribution is 2.19. The van der Waals surface area contributed by atoms with Crippen LogP contribution in [0.4, 0.5) is 0 Å². The second-order valence-corrected chi connectivity index (χ2v) is 6.17. The van der Waals surface area contributed by atoms with Crippen molar-refractivity contribution in [1.82, 2.24) is 20.2 Å². The number of likely N-dealkylation sites (N-methyl/N-ethyl adjacent to an activating group) is 1. The van der Waals surface area contributed by atoms with Crippen LogP contribution < -0.4 is 5.32 Å². The van der Waals surface area contributed by atoms with Crippen LogP contribution in [0.1, 0.15) is 42.0 Å². The quantitative estimate of drug-likeness (QED) is 0.736. The molecule has 0 bridgehead atoms. The Bertz CT molecular complexity index is 415. The third kappa shape index (κ3) is 4.84. The first-order chi connectivity index (χ1) is 9.56. The van der Waals surface area contributed by atoms with Crippen LogP contribution >= 0.6 is 0 Å². The molecule has 112 valence electrons. The Balaban J connectivity index is 1.87. The van der Waals surface area contributed by atoms with Crippen molar-refractivity contribution in [3.05, 3.63) is 22.8 Å². The second-order valence-electron chi connectivity index (χ2n) is 6.17. The van der Waals surface area contributed by atoms with Gasteiger partial charge in [0.1, 0.15) is 5.82 Å². The number of nitrogens with one attached hydrogen (secondary N) is 1. The summed E-state index contributed by atoms with van der Waals surface area (Å²) in [6, 6.07) is 0.807. The molecule has 4 heteroatoms. The van der Waals surface area contributed by atoms with E-state index >= 15 is 0 Å². The normalized spacial score (nSPS) is 15.1. The number of aromatic nitrogens is 2. The van der Waals surface area contributed by atoms with Crippen molar-refractivity contribution in [2.75, 3.05) is 27.2 Å². The van der Waals surface area contributed by atoms with E-state index in [1.165, 1.54) is 24.8 Å². The maximum Gasteiger partial charge on any atom is 0.130 e. The summed E-state index contributed by atoms with van der Waals surface area (Å²) in [5, 5.41) is 3.56. The second kappa shape index (κ2) is 7.14. The zero-order valence-electron chi connectivity index (χ0n) is 13.4. The van der Waals surface area contributed by atoms with Gasteiger partial charge in [-0.1, -0.05) is 0 Å². The molecule has 0 radical (unpaired) electrons. The first-order valence-corrected chi connectivity index (χ1v) is 7.77. The van der Waals surface area contributed by atoms with Crippen molar-refractivity contribution in [3.63, 3.8) is 0 Å². The first-order valence-electron chi connectivity index (χ1n) is 7.77. The lowest BCUT2D eigenvalue weighted by atomic mass is 10.1. The van der Waals surface area contributed by atoms with Gasteiger partial charge in [0.15, 0.2) is 0 Å². The van der Waals surface area contributed by atoms with Gasteiger partial charge in [-0.15, -0.1) is 0 Å². The average molecular weight is 276 g/mol. The lowest BCUT2D eigenvalue weighted by Gasteiger charge is -2.13. The molecular weight excluding hydrogens is 248 g/mol. The van der Waals surface area contributed by atoms with Crippen LogP contribution in [-0.4, -0.2) is 48.1 Å². The van der Waals surface area contributed by atoms with E-state index < -0.39 is 0 Å². The van der Waals surface area contributed by atoms with Gasteiger partial charge in [-0.2, -0.15) is 0 Å². The van der Waals surface area contributed by atoms with Gasteiger partial charge in [0.2, 0.25) is 0 Å². The number of nitrogens with zero attached hydrogens (tertiary/aromatic N) is 3. The SMILES string of the molecule is Cc1nc(CCN(C)C)nc(C)c1CCCNC1CC1. The minimum Gasteiger partial charge on any atom is -0.314 e. The highest BCUT2D eigenvalue weighted by molar-refractivity contribution is 5.24. The molecular formula is C16H28N4. The van der Waals surface area contributed by atoms with Crippen molar-refractivity contribution in [3.8, 4) is 0 Å². The molecule has 0 aromatic carbocycles. The molecule has 0 unspecified atom stereocenters. The summed E-state index contributed by atoms with van der Waals surface area (Å²) in [7, 11) is 4.17. The fraction of sp³-hybridized carbons (Fsp3) is 0.750. The molecule has 2 rings (SSSR count). The van der Waals surface area contributed by atoms with Gasteiger partial charge in [0.25, 0.3) is 0 Å². The summed E-state index contributed by atoms with van der Waals surface area (Å²) in [5.41, 5.74) is 3.67. The molecule has 1 aromatic rings. The van der Waals surface area contributed by atoms with Crippen molar-refractivity contribution < 1.29 is 0 Å². The molecule has 0 spiro atoms. The van der Waals surface area contributed by atoms with Crippen molar-refractivity contribution >= 4 is 0 Å². The van der Waals surface area contributed by atoms with Crippen molar-refractivity contribution in [2.24, 2.45) is 0 Å². The lowest BCUT2D eigenvalue weighted by Crippen LogP contribution is -2.19. The third-order valence-electron chi connectivity index (χ3n) is 3.86. The largest absolute Gasteiger partial charge is 0.314 e. The van der Waals surface area contributed by atoms with E-state index in [0.29, 0.717) is 0 Å². The molecule has 4 nitrogen and oxygen atoms in total. The van der Waals surface area contributed by atoms with Gasteiger partial charge >= 0.3 is 0 Å². The molecule has 1 heterocycles. The van der Waals surface area contributed by atoms with Gasteiger partial charge in [0.05, 0.1) is 0 Å². The Labute approximate surface area is 123 Å². The molecule has 0 amide bonds. The zero-order chi connectivity index (χ0) is 14.5. The Morgan fingerprint density at radius 2 is 1.75 bits per heavy atom. The summed E-state index contributed by atoms with van der Waals surface area (Å²) in [6.45, 7) is 6.37. The molecule has 0 saturated heterocycles. The van der Waals surface area contributed by atoms with E-state index in [-0.39, 0.29) is 0 Å². The minimum absolute atomic E-state index is 0.807.